The largest absolute Gasteiger partial charge is 0.493 e. The lowest BCUT2D eigenvalue weighted by molar-refractivity contribution is -0.120. The van der Waals surface area contributed by atoms with Gasteiger partial charge in [-0.25, -0.2) is 4.90 Å². The molecule has 0 unspecified atom stereocenters. The van der Waals surface area contributed by atoms with Crippen molar-refractivity contribution in [2.45, 2.75) is 27.2 Å². The minimum absolute atomic E-state index is 0.286. The number of para-hydroxylation sites is 2. The summed E-state index contributed by atoms with van der Waals surface area (Å²) in [5.74, 6) is 0.584. The lowest BCUT2D eigenvalue weighted by Gasteiger charge is -2.22. The van der Waals surface area contributed by atoms with Crippen LogP contribution in [0.4, 0.5) is 11.4 Å². The summed E-state index contributed by atoms with van der Waals surface area (Å²) in [6.45, 7) is 7.40. The van der Waals surface area contributed by atoms with Crippen molar-refractivity contribution >= 4 is 28.8 Å². The minimum atomic E-state index is -0.297. The number of nitrogens with zero attached hydrogens (tertiary/aromatic N) is 2. The number of carbonyl (C=O) groups is 2. The van der Waals surface area contributed by atoms with Gasteiger partial charge in [-0.05, 0) is 60.2 Å². The van der Waals surface area contributed by atoms with E-state index in [-0.39, 0.29) is 11.8 Å². The van der Waals surface area contributed by atoms with Gasteiger partial charge in [-0.15, -0.1) is 0 Å². The molecule has 0 atom stereocenters. The van der Waals surface area contributed by atoms with Gasteiger partial charge in [0.15, 0.2) is 0 Å². The zero-order valence-electron chi connectivity index (χ0n) is 19.7. The quantitative estimate of drug-likeness (QED) is 0.472. The molecule has 2 heterocycles. The van der Waals surface area contributed by atoms with Crippen molar-refractivity contribution in [2.75, 3.05) is 23.0 Å². The van der Waals surface area contributed by atoms with Crippen LogP contribution in [0.3, 0.4) is 0 Å². The first-order valence-electron chi connectivity index (χ1n) is 11.7. The van der Waals surface area contributed by atoms with Gasteiger partial charge in [-0.2, -0.15) is 0 Å². The van der Waals surface area contributed by atoms with Crippen molar-refractivity contribution in [1.29, 1.82) is 0 Å². The van der Waals surface area contributed by atoms with E-state index in [1.807, 2.05) is 78.6 Å². The predicted octanol–water partition coefficient (Wildman–Crippen LogP) is 5.38. The summed E-state index contributed by atoms with van der Waals surface area (Å²) in [4.78, 5) is 31.0. The number of hydrogen-bond acceptors (Lipinski definition) is 4. The number of hydrogen-bond donors (Lipinski definition) is 0. The molecule has 5 nitrogen and oxygen atoms in total. The molecule has 0 spiro atoms. The Labute approximate surface area is 200 Å². The second kappa shape index (κ2) is 8.82. The van der Waals surface area contributed by atoms with Crippen LogP contribution in [0.15, 0.2) is 78.5 Å². The molecule has 3 aromatic carbocycles. The molecule has 0 radical (unpaired) electrons. The molecule has 172 valence electrons. The zero-order chi connectivity index (χ0) is 23.8. The fourth-order valence-electron chi connectivity index (χ4n) is 4.61. The first-order valence-corrected chi connectivity index (χ1v) is 11.7. The molecule has 2 aliphatic rings. The number of imide groups is 1. The third kappa shape index (κ3) is 3.77. The molecular weight excluding hydrogens is 424 g/mol. The highest BCUT2D eigenvalue weighted by Crippen LogP contribution is 2.40. The smallest absolute Gasteiger partial charge is 0.282 e. The van der Waals surface area contributed by atoms with Crippen molar-refractivity contribution in [3.63, 3.8) is 0 Å². The van der Waals surface area contributed by atoms with Gasteiger partial charge in [-0.3, -0.25) is 9.59 Å². The monoisotopic (exact) mass is 452 g/mol. The van der Waals surface area contributed by atoms with Crippen LogP contribution in [-0.2, 0) is 16.0 Å². The topological polar surface area (TPSA) is 49.9 Å². The summed E-state index contributed by atoms with van der Waals surface area (Å²) in [6.07, 6.45) is 0.834. The molecule has 0 bridgehead atoms. The molecule has 34 heavy (non-hydrogen) atoms. The van der Waals surface area contributed by atoms with Gasteiger partial charge >= 0.3 is 0 Å². The average Bonchev–Trinajstić information content (AvgIpc) is 3.36. The third-order valence-corrected chi connectivity index (χ3v) is 6.30. The van der Waals surface area contributed by atoms with Crippen LogP contribution in [0, 0.1) is 12.8 Å². The molecule has 0 aromatic heterocycles. The summed E-state index contributed by atoms with van der Waals surface area (Å²) in [5, 5.41) is 0. The van der Waals surface area contributed by atoms with Crippen LogP contribution in [0.25, 0.3) is 5.57 Å². The van der Waals surface area contributed by atoms with Crippen molar-refractivity contribution in [2.24, 2.45) is 5.92 Å². The van der Waals surface area contributed by atoms with Gasteiger partial charge in [0.1, 0.15) is 11.4 Å². The molecule has 0 aliphatic carbocycles. The molecule has 0 saturated heterocycles. The Morgan fingerprint density at radius 1 is 0.853 bits per heavy atom. The van der Waals surface area contributed by atoms with E-state index in [0.717, 1.165) is 23.4 Å². The van der Waals surface area contributed by atoms with E-state index in [0.29, 0.717) is 41.6 Å². The van der Waals surface area contributed by atoms with Crippen molar-refractivity contribution < 1.29 is 14.3 Å². The van der Waals surface area contributed by atoms with Crippen molar-refractivity contribution in [3.8, 4) is 5.75 Å². The number of benzene rings is 3. The summed E-state index contributed by atoms with van der Waals surface area (Å²) in [6, 6.07) is 23.1. The predicted molar refractivity (Wildman–Crippen MR) is 135 cm³/mol. The lowest BCUT2D eigenvalue weighted by atomic mass is 10.0. The fraction of sp³-hybridized carbons (Fsp3) is 0.241. The zero-order valence-corrected chi connectivity index (χ0v) is 19.7. The molecular formula is C29H28N2O3. The summed E-state index contributed by atoms with van der Waals surface area (Å²) in [7, 11) is 0. The van der Waals surface area contributed by atoms with E-state index in [1.54, 1.807) is 0 Å². The van der Waals surface area contributed by atoms with Gasteiger partial charge in [0.05, 0.1) is 17.9 Å². The van der Waals surface area contributed by atoms with Crippen LogP contribution in [0.2, 0.25) is 0 Å². The Hall–Kier alpha value is -3.86. The first kappa shape index (κ1) is 22.0. The molecule has 2 aliphatic heterocycles. The Morgan fingerprint density at radius 2 is 1.53 bits per heavy atom. The number of rotatable bonds is 6. The van der Waals surface area contributed by atoms with Crippen LogP contribution in [0.1, 0.15) is 30.5 Å². The highest BCUT2D eigenvalue weighted by atomic mass is 16.5. The third-order valence-electron chi connectivity index (χ3n) is 6.30. The lowest BCUT2D eigenvalue weighted by Crippen LogP contribution is -2.35. The number of aryl methyl sites for hydroxylation is 1. The van der Waals surface area contributed by atoms with Gasteiger partial charge < -0.3 is 9.64 Å². The van der Waals surface area contributed by atoms with E-state index in [4.69, 9.17) is 4.74 Å². The maximum atomic E-state index is 13.9. The van der Waals surface area contributed by atoms with Gasteiger partial charge in [0, 0.05) is 12.2 Å². The number of amides is 2. The van der Waals surface area contributed by atoms with Crippen LogP contribution >= 0.6 is 0 Å². The number of ether oxygens (including phenoxy) is 1. The molecule has 3 aromatic rings. The Bertz CT molecular complexity index is 1290. The van der Waals surface area contributed by atoms with Gasteiger partial charge in [0.25, 0.3) is 11.8 Å². The number of carbonyl (C=O) groups excluding carboxylic acids is 2. The number of fused-ring (bicyclic) bond motifs is 1. The Balaban J connectivity index is 1.61. The van der Waals surface area contributed by atoms with Crippen LogP contribution < -0.4 is 14.5 Å². The Kier molecular flexibility index (Phi) is 5.70. The second-order valence-electron chi connectivity index (χ2n) is 9.22. The average molecular weight is 453 g/mol. The highest BCUT2D eigenvalue weighted by molar-refractivity contribution is 6.46. The maximum absolute atomic E-state index is 13.9. The van der Waals surface area contributed by atoms with Gasteiger partial charge in [0.2, 0.25) is 0 Å². The molecule has 0 saturated carbocycles. The SMILES string of the molecule is Cc1ccccc1N1C(=O)C(c2ccc(OCC(C)C)cc2)=C(N2CCc3ccccc32)C1=O. The van der Waals surface area contributed by atoms with E-state index < -0.39 is 0 Å². The Morgan fingerprint density at radius 3 is 2.24 bits per heavy atom. The van der Waals surface area contributed by atoms with E-state index >= 15 is 0 Å². The summed E-state index contributed by atoms with van der Waals surface area (Å²) < 4.78 is 5.82. The second-order valence-corrected chi connectivity index (χ2v) is 9.22. The van der Waals surface area contributed by atoms with Crippen LogP contribution in [0.5, 0.6) is 5.75 Å². The molecule has 5 rings (SSSR count). The van der Waals surface area contributed by atoms with E-state index in [9.17, 15) is 9.59 Å². The normalized spacial score (nSPS) is 15.5. The van der Waals surface area contributed by atoms with Crippen LogP contribution in [-0.4, -0.2) is 25.0 Å². The van der Waals surface area contributed by atoms with E-state index in [1.165, 1.54) is 10.5 Å². The van der Waals surface area contributed by atoms with Crippen molar-refractivity contribution in [1.82, 2.24) is 0 Å². The fourth-order valence-corrected chi connectivity index (χ4v) is 4.61. The maximum Gasteiger partial charge on any atom is 0.282 e. The summed E-state index contributed by atoms with van der Waals surface area (Å²) in [5.41, 5.74) is 5.25. The molecule has 2 amide bonds. The van der Waals surface area contributed by atoms with Gasteiger partial charge in [-0.1, -0.05) is 62.4 Å². The molecule has 0 fully saturated rings. The highest BCUT2D eigenvalue weighted by Gasteiger charge is 2.44. The summed E-state index contributed by atoms with van der Waals surface area (Å²) >= 11 is 0. The van der Waals surface area contributed by atoms with Crippen molar-refractivity contribution in [3.05, 3.63) is 95.2 Å². The molecule has 0 N–H and O–H groups in total. The van der Waals surface area contributed by atoms with E-state index in [2.05, 4.69) is 19.9 Å². The first-order chi connectivity index (χ1) is 16.5. The minimum Gasteiger partial charge on any atom is -0.493 e. The number of anilines is 2. The molecule has 5 heteroatoms. The standard InChI is InChI=1S/C29H28N2O3/c1-19(2)18-34-23-14-12-22(13-15-23)26-27(30-17-16-21-9-5-7-11-25(21)30)29(33)31(28(26)32)24-10-6-4-8-20(24)3/h4-15,19H,16-18H2,1-3H3.